The molecule has 2 aromatic rings. The first kappa shape index (κ1) is 20.2. The maximum absolute atomic E-state index is 14.2. The van der Waals surface area contributed by atoms with Crippen molar-refractivity contribution in [3.63, 3.8) is 0 Å². The van der Waals surface area contributed by atoms with Crippen molar-refractivity contribution in [1.82, 2.24) is 0 Å². The van der Waals surface area contributed by atoms with Gasteiger partial charge in [-0.05, 0) is 42.7 Å². The van der Waals surface area contributed by atoms with Crippen LogP contribution in [0, 0.1) is 5.82 Å². The monoisotopic (exact) mass is 384 g/mol. The number of hydrogen-bond donors (Lipinski definition) is 3. The lowest BCUT2D eigenvalue weighted by Crippen LogP contribution is -2.35. The molecular weight excluding hydrogens is 362 g/mol. The molecule has 6 nitrogen and oxygen atoms in total. The normalized spacial score (nSPS) is 15.8. The fourth-order valence-electron chi connectivity index (χ4n) is 3.56. The smallest absolute Gasteiger partial charge is 0.526 e. The third-order valence-corrected chi connectivity index (χ3v) is 5.08. The number of fused-ring (bicyclic) bond motifs is 1. The average Bonchev–Trinajstić information content (AvgIpc) is 2.67. The Morgan fingerprint density at radius 2 is 2.04 bits per heavy atom. The number of para-hydroxylation sites is 1. The maximum atomic E-state index is 14.2. The number of hydrogen-bond acceptors (Lipinski definition) is 6. The summed E-state index contributed by atoms with van der Waals surface area (Å²) in [6, 6.07) is 7.87. The fraction of sp³-hybridized carbons (Fsp3) is 0.300. The molecule has 8 heteroatoms. The topological polar surface area (TPSA) is 116 Å². The number of ketones is 2. The van der Waals surface area contributed by atoms with Crippen LogP contribution >= 0.6 is 0 Å². The Hall–Kier alpha value is -2.55. The van der Waals surface area contributed by atoms with E-state index in [0.717, 1.165) is 11.6 Å². The lowest BCUT2D eigenvalue weighted by atomic mass is 9.64. The molecule has 1 aliphatic rings. The number of rotatable bonds is 6. The van der Waals surface area contributed by atoms with E-state index in [-0.39, 0.29) is 36.6 Å². The minimum atomic E-state index is -1.24. The minimum absolute atomic E-state index is 0.00270. The van der Waals surface area contributed by atoms with E-state index >= 15 is 0 Å². The van der Waals surface area contributed by atoms with Crippen molar-refractivity contribution in [3.05, 3.63) is 64.0 Å². The molecule has 0 radical (unpaired) electrons. The molecular formula is C20H22BFN2O4. The molecule has 146 valence electrons. The van der Waals surface area contributed by atoms with Gasteiger partial charge in [-0.2, -0.15) is 0 Å². The molecule has 0 unspecified atom stereocenters. The van der Waals surface area contributed by atoms with E-state index in [2.05, 4.69) is 0 Å². The van der Waals surface area contributed by atoms with E-state index in [1.807, 2.05) is 0 Å². The first-order valence-corrected chi connectivity index (χ1v) is 9.07. The van der Waals surface area contributed by atoms with Gasteiger partial charge in [0.2, 0.25) is 0 Å². The van der Waals surface area contributed by atoms with Crippen LogP contribution in [0.4, 0.5) is 4.39 Å². The number of nitrogens with two attached hydrogens (primary N) is 2. The van der Waals surface area contributed by atoms with Gasteiger partial charge in [-0.1, -0.05) is 12.1 Å². The molecule has 1 heterocycles. The number of Topliss-reactive ketones (excluding diaryl/α,β-unsaturated/α-hetero) is 2. The van der Waals surface area contributed by atoms with Crippen LogP contribution in [0.1, 0.15) is 50.8 Å². The predicted octanol–water partition coefficient (Wildman–Crippen LogP) is 2.00. The van der Waals surface area contributed by atoms with E-state index < -0.39 is 18.8 Å². The third kappa shape index (κ3) is 3.85. The number of halogens is 1. The molecule has 2 aromatic carbocycles. The highest BCUT2D eigenvalue weighted by Crippen LogP contribution is 2.37. The fourth-order valence-corrected chi connectivity index (χ4v) is 3.56. The van der Waals surface area contributed by atoms with Gasteiger partial charge in [0.1, 0.15) is 11.6 Å². The molecule has 0 saturated heterocycles. The summed E-state index contributed by atoms with van der Waals surface area (Å²) in [6.45, 7) is 1.49. The minimum Gasteiger partial charge on any atom is -0.535 e. The number of benzene rings is 2. The molecule has 0 spiro atoms. The summed E-state index contributed by atoms with van der Waals surface area (Å²) >= 11 is 0. The SMILES string of the molecule is CC(=O)c1cccc2c1OB(O)[C@@H](CC(=O)c1cc(F)c(CN)c(CN)c1)C2. The first-order valence-electron chi connectivity index (χ1n) is 9.07. The number of carbonyl (C=O) groups is 2. The number of carbonyl (C=O) groups excluding carboxylic acids is 2. The van der Waals surface area contributed by atoms with Gasteiger partial charge < -0.3 is 21.1 Å². The molecule has 0 bridgehead atoms. The Kier molecular flexibility index (Phi) is 5.93. The molecule has 0 aromatic heterocycles. The van der Waals surface area contributed by atoms with E-state index in [1.165, 1.54) is 6.92 Å². The van der Waals surface area contributed by atoms with Crippen molar-refractivity contribution in [1.29, 1.82) is 0 Å². The van der Waals surface area contributed by atoms with Gasteiger partial charge in [-0.3, -0.25) is 9.59 Å². The van der Waals surface area contributed by atoms with Crippen LogP contribution in [0.25, 0.3) is 0 Å². The van der Waals surface area contributed by atoms with Crippen LogP contribution in [-0.4, -0.2) is 23.7 Å². The summed E-state index contributed by atoms with van der Waals surface area (Å²) in [4.78, 5) is 24.4. The highest BCUT2D eigenvalue weighted by molar-refractivity contribution is 6.47. The van der Waals surface area contributed by atoms with Gasteiger partial charge >= 0.3 is 7.12 Å². The molecule has 5 N–H and O–H groups in total. The Balaban J connectivity index is 1.83. The Morgan fingerprint density at radius 3 is 2.68 bits per heavy atom. The first-order chi connectivity index (χ1) is 13.3. The van der Waals surface area contributed by atoms with Crippen LogP contribution in [0.5, 0.6) is 5.75 Å². The van der Waals surface area contributed by atoms with Crippen molar-refractivity contribution in [2.45, 2.75) is 38.7 Å². The van der Waals surface area contributed by atoms with Crippen LogP contribution in [0.3, 0.4) is 0 Å². The van der Waals surface area contributed by atoms with Gasteiger partial charge in [0.15, 0.2) is 11.6 Å². The quantitative estimate of drug-likeness (QED) is 0.518. The molecule has 0 fully saturated rings. The second-order valence-corrected chi connectivity index (χ2v) is 6.95. The molecule has 0 aliphatic carbocycles. The summed E-state index contributed by atoms with van der Waals surface area (Å²) in [6.07, 6.45) is 0.340. The van der Waals surface area contributed by atoms with Crippen LogP contribution in [0.15, 0.2) is 30.3 Å². The van der Waals surface area contributed by atoms with Gasteiger partial charge in [0, 0.05) is 36.5 Å². The van der Waals surface area contributed by atoms with Gasteiger partial charge in [0.05, 0.1) is 5.56 Å². The Morgan fingerprint density at radius 1 is 1.29 bits per heavy atom. The standard InChI is InChI=1S/C20H22BFN2O4/c1-11(25)16-4-2-3-12-6-15(21(27)28-20(12)16)8-19(26)13-5-14(9-23)17(10-24)18(22)7-13/h2-5,7,15,27H,6,8-10,23-24H2,1H3/t15-/m1/s1. The van der Waals surface area contributed by atoms with Crippen molar-refractivity contribution in [2.24, 2.45) is 11.5 Å². The zero-order chi connectivity index (χ0) is 20.4. The maximum Gasteiger partial charge on any atom is 0.526 e. The molecule has 0 saturated carbocycles. The van der Waals surface area contributed by atoms with Gasteiger partial charge in [-0.25, -0.2) is 4.39 Å². The van der Waals surface area contributed by atoms with E-state index in [9.17, 15) is 19.0 Å². The Bertz CT molecular complexity index is 935. The lowest BCUT2D eigenvalue weighted by Gasteiger charge is -2.28. The van der Waals surface area contributed by atoms with Crippen molar-refractivity contribution in [3.8, 4) is 5.75 Å². The van der Waals surface area contributed by atoms with E-state index in [4.69, 9.17) is 16.1 Å². The van der Waals surface area contributed by atoms with E-state index in [0.29, 0.717) is 28.9 Å². The largest absolute Gasteiger partial charge is 0.535 e. The third-order valence-electron chi connectivity index (χ3n) is 5.08. The molecule has 1 aliphatic heterocycles. The van der Waals surface area contributed by atoms with Crippen LogP contribution in [-0.2, 0) is 19.5 Å². The van der Waals surface area contributed by atoms with Crippen molar-refractivity contribution >= 4 is 18.7 Å². The summed E-state index contributed by atoms with van der Waals surface area (Å²) in [7, 11) is -1.24. The summed E-state index contributed by atoms with van der Waals surface area (Å²) in [5, 5.41) is 10.4. The van der Waals surface area contributed by atoms with Gasteiger partial charge in [0.25, 0.3) is 0 Å². The van der Waals surface area contributed by atoms with Crippen LogP contribution < -0.4 is 16.1 Å². The zero-order valence-corrected chi connectivity index (χ0v) is 15.6. The molecule has 28 heavy (non-hydrogen) atoms. The summed E-state index contributed by atoms with van der Waals surface area (Å²) < 4.78 is 19.8. The summed E-state index contributed by atoms with van der Waals surface area (Å²) in [5.41, 5.74) is 13.3. The van der Waals surface area contributed by atoms with Crippen molar-refractivity contribution in [2.75, 3.05) is 0 Å². The highest BCUT2D eigenvalue weighted by atomic mass is 19.1. The Labute approximate surface area is 162 Å². The second kappa shape index (κ2) is 8.22. The molecule has 3 rings (SSSR count). The van der Waals surface area contributed by atoms with E-state index in [1.54, 1.807) is 24.3 Å². The molecule has 0 amide bonds. The second-order valence-electron chi connectivity index (χ2n) is 6.95. The summed E-state index contributed by atoms with van der Waals surface area (Å²) in [5.74, 6) is -1.21. The average molecular weight is 384 g/mol. The lowest BCUT2D eigenvalue weighted by molar-refractivity contribution is 0.0971. The van der Waals surface area contributed by atoms with Crippen molar-refractivity contribution < 1.29 is 23.7 Å². The van der Waals surface area contributed by atoms with Gasteiger partial charge in [-0.15, -0.1) is 0 Å². The highest BCUT2D eigenvalue weighted by Gasteiger charge is 2.37. The predicted molar refractivity (Wildman–Crippen MR) is 104 cm³/mol. The zero-order valence-electron chi connectivity index (χ0n) is 15.6. The molecule has 1 atom stereocenters. The van der Waals surface area contributed by atoms with Crippen LogP contribution in [0.2, 0.25) is 5.82 Å².